The highest BCUT2D eigenvalue weighted by atomic mass is 16.5. The summed E-state index contributed by atoms with van der Waals surface area (Å²) in [5, 5.41) is 0. The van der Waals surface area contributed by atoms with Crippen molar-refractivity contribution in [2.75, 3.05) is 19.6 Å². The summed E-state index contributed by atoms with van der Waals surface area (Å²) in [6, 6.07) is 10.6. The van der Waals surface area contributed by atoms with Crippen molar-refractivity contribution in [3.8, 4) is 0 Å². The number of hydrogen-bond acceptors (Lipinski definition) is 3. The summed E-state index contributed by atoms with van der Waals surface area (Å²) in [6.45, 7) is 7.92. The molecule has 19 heavy (non-hydrogen) atoms. The molecule has 3 heteroatoms. The predicted molar refractivity (Wildman–Crippen MR) is 79.0 cm³/mol. The topological polar surface area (TPSA) is 38.5 Å². The van der Waals surface area contributed by atoms with Gasteiger partial charge in [-0.25, -0.2) is 0 Å². The van der Waals surface area contributed by atoms with Crippen LogP contribution in [0.4, 0.5) is 0 Å². The molecule has 1 aromatic rings. The van der Waals surface area contributed by atoms with E-state index in [-0.39, 0.29) is 5.60 Å². The Morgan fingerprint density at radius 1 is 1.32 bits per heavy atom. The molecule has 0 aliphatic carbocycles. The predicted octanol–water partition coefficient (Wildman–Crippen LogP) is 2.40. The maximum Gasteiger partial charge on any atom is 0.0710 e. The van der Waals surface area contributed by atoms with Gasteiger partial charge in [0.2, 0.25) is 0 Å². The van der Waals surface area contributed by atoms with Gasteiger partial charge in [0.15, 0.2) is 0 Å². The fourth-order valence-corrected chi connectivity index (χ4v) is 2.75. The molecular weight excluding hydrogens is 236 g/mol. The molecule has 0 radical (unpaired) electrons. The van der Waals surface area contributed by atoms with Crippen LogP contribution in [0.15, 0.2) is 30.3 Å². The maximum atomic E-state index is 6.08. The van der Waals surface area contributed by atoms with Gasteiger partial charge in [-0.3, -0.25) is 4.90 Å². The zero-order valence-corrected chi connectivity index (χ0v) is 12.1. The minimum atomic E-state index is 0.0474. The average molecular weight is 262 g/mol. The van der Waals surface area contributed by atoms with Crippen LogP contribution in [0.2, 0.25) is 0 Å². The molecule has 0 spiro atoms. The summed E-state index contributed by atoms with van der Waals surface area (Å²) < 4.78 is 6.08. The summed E-state index contributed by atoms with van der Waals surface area (Å²) in [5.74, 6) is 0. The first-order chi connectivity index (χ1) is 9.09. The van der Waals surface area contributed by atoms with E-state index in [2.05, 4.69) is 49.1 Å². The van der Waals surface area contributed by atoms with Gasteiger partial charge in [0, 0.05) is 26.2 Å². The highest BCUT2D eigenvalue weighted by Gasteiger charge is 2.32. The third-order valence-corrected chi connectivity index (χ3v) is 3.71. The lowest BCUT2D eigenvalue weighted by atomic mass is 10.1. The molecule has 1 fully saturated rings. The molecule has 3 nitrogen and oxygen atoms in total. The maximum absolute atomic E-state index is 6.08. The number of hydrogen-bond donors (Lipinski definition) is 1. The quantitative estimate of drug-likeness (QED) is 0.855. The van der Waals surface area contributed by atoms with Crippen LogP contribution in [0.3, 0.4) is 0 Å². The van der Waals surface area contributed by atoms with Crippen LogP contribution in [-0.4, -0.2) is 36.2 Å². The van der Waals surface area contributed by atoms with Crippen molar-refractivity contribution in [1.29, 1.82) is 0 Å². The largest absolute Gasteiger partial charge is 0.371 e. The first kappa shape index (κ1) is 14.5. The summed E-state index contributed by atoms with van der Waals surface area (Å²) in [7, 11) is 0. The van der Waals surface area contributed by atoms with Gasteiger partial charge in [0.05, 0.1) is 11.7 Å². The Morgan fingerprint density at radius 2 is 2.05 bits per heavy atom. The van der Waals surface area contributed by atoms with Gasteiger partial charge >= 0.3 is 0 Å². The van der Waals surface area contributed by atoms with Crippen molar-refractivity contribution in [3.63, 3.8) is 0 Å². The average Bonchev–Trinajstić information content (AvgIpc) is 2.70. The van der Waals surface area contributed by atoms with Gasteiger partial charge in [0.25, 0.3) is 0 Å². The molecule has 1 heterocycles. The van der Waals surface area contributed by atoms with E-state index < -0.39 is 0 Å². The van der Waals surface area contributed by atoms with Gasteiger partial charge < -0.3 is 10.5 Å². The number of ether oxygens (including phenoxy) is 1. The Labute approximate surface area is 116 Å². The van der Waals surface area contributed by atoms with Crippen LogP contribution in [0, 0.1) is 0 Å². The molecule has 0 bridgehead atoms. The molecule has 1 unspecified atom stereocenters. The van der Waals surface area contributed by atoms with E-state index in [0.29, 0.717) is 12.6 Å². The molecule has 0 amide bonds. The lowest BCUT2D eigenvalue weighted by Gasteiger charge is -2.26. The van der Waals surface area contributed by atoms with Gasteiger partial charge in [-0.2, -0.15) is 0 Å². The Kier molecular flexibility index (Phi) is 4.97. The fraction of sp³-hybridized carbons (Fsp3) is 0.625. The van der Waals surface area contributed by atoms with Crippen molar-refractivity contribution in [2.45, 2.75) is 44.9 Å². The first-order valence-corrected chi connectivity index (χ1v) is 7.23. The molecule has 1 saturated heterocycles. The first-order valence-electron chi connectivity index (χ1n) is 7.23. The van der Waals surface area contributed by atoms with Crippen molar-refractivity contribution >= 4 is 0 Å². The summed E-state index contributed by atoms with van der Waals surface area (Å²) in [6.07, 6.45) is 2.66. The minimum Gasteiger partial charge on any atom is -0.371 e. The highest BCUT2D eigenvalue weighted by molar-refractivity contribution is 5.14. The van der Waals surface area contributed by atoms with Gasteiger partial charge in [-0.1, -0.05) is 30.3 Å². The van der Waals surface area contributed by atoms with Crippen LogP contribution in [0.5, 0.6) is 0 Å². The Morgan fingerprint density at radius 3 is 2.63 bits per heavy atom. The molecule has 0 saturated carbocycles. The van der Waals surface area contributed by atoms with Crippen molar-refractivity contribution in [2.24, 2.45) is 5.73 Å². The van der Waals surface area contributed by atoms with E-state index in [4.69, 9.17) is 10.5 Å². The molecule has 2 N–H and O–H groups in total. The normalized spacial score (nSPS) is 22.0. The van der Waals surface area contributed by atoms with Crippen LogP contribution >= 0.6 is 0 Å². The van der Waals surface area contributed by atoms with E-state index in [0.717, 1.165) is 32.5 Å². The smallest absolute Gasteiger partial charge is 0.0710 e. The monoisotopic (exact) mass is 262 g/mol. The van der Waals surface area contributed by atoms with Crippen molar-refractivity contribution in [1.82, 2.24) is 4.90 Å². The Bertz CT molecular complexity index is 378. The van der Waals surface area contributed by atoms with Crippen LogP contribution in [-0.2, 0) is 11.3 Å². The highest BCUT2D eigenvalue weighted by Crippen LogP contribution is 2.29. The second-order valence-electron chi connectivity index (χ2n) is 6.05. The van der Waals surface area contributed by atoms with Crippen molar-refractivity contribution < 1.29 is 4.74 Å². The summed E-state index contributed by atoms with van der Waals surface area (Å²) in [4.78, 5) is 2.40. The summed E-state index contributed by atoms with van der Waals surface area (Å²) >= 11 is 0. The zero-order chi connectivity index (χ0) is 13.7. The van der Waals surface area contributed by atoms with E-state index in [1.165, 1.54) is 5.56 Å². The number of nitrogens with two attached hydrogens (primary N) is 1. The van der Waals surface area contributed by atoms with E-state index in [1.54, 1.807) is 0 Å². The lowest BCUT2D eigenvalue weighted by Crippen LogP contribution is -2.36. The molecular formula is C16H26N2O. The van der Waals surface area contributed by atoms with Crippen LogP contribution in [0.25, 0.3) is 0 Å². The number of nitrogens with zero attached hydrogens (tertiary/aromatic N) is 1. The molecule has 106 valence electrons. The Balaban J connectivity index is 1.89. The van der Waals surface area contributed by atoms with Gasteiger partial charge in [-0.05, 0) is 32.3 Å². The number of rotatable bonds is 6. The van der Waals surface area contributed by atoms with Gasteiger partial charge in [0.1, 0.15) is 0 Å². The second kappa shape index (κ2) is 6.51. The SMILES string of the molecule is CC1(C)CCC(CN(CCN)Cc2ccccc2)O1. The molecule has 1 aromatic carbocycles. The minimum absolute atomic E-state index is 0.0474. The second-order valence-corrected chi connectivity index (χ2v) is 6.05. The summed E-state index contributed by atoms with van der Waals surface area (Å²) in [5.41, 5.74) is 7.12. The lowest BCUT2D eigenvalue weighted by molar-refractivity contribution is -0.0292. The number of benzene rings is 1. The van der Waals surface area contributed by atoms with E-state index >= 15 is 0 Å². The standard InChI is InChI=1S/C16H26N2O/c1-16(2)9-8-15(19-16)13-18(11-10-17)12-14-6-4-3-5-7-14/h3-7,15H,8-13,17H2,1-2H3. The molecule has 0 aromatic heterocycles. The van der Waals surface area contributed by atoms with Gasteiger partial charge in [-0.15, -0.1) is 0 Å². The zero-order valence-electron chi connectivity index (χ0n) is 12.1. The Hall–Kier alpha value is -0.900. The van der Waals surface area contributed by atoms with E-state index in [1.807, 2.05) is 0 Å². The van der Waals surface area contributed by atoms with Crippen molar-refractivity contribution in [3.05, 3.63) is 35.9 Å². The molecule has 1 aliphatic heterocycles. The molecule has 2 rings (SSSR count). The van der Waals surface area contributed by atoms with E-state index in [9.17, 15) is 0 Å². The molecule has 1 atom stereocenters. The van der Waals surface area contributed by atoms with Crippen LogP contribution < -0.4 is 5.73 Å². The third kappa shape index (κ3) is 4.60. The fourth-order valence-electron chi connectivity index (χ4n) is 2.75. The third-order valence-electron chi connectivity index (χ3n) is 3.71. The van der Waals surface area contributed by atoms with Crippen LogP contribution in [0.1, 0.15) is 32.3 Å². The molecule has 1 aliphatic rings.